The highest BCUT2D eigenvalue weighted by atomic mass is 35.5. The summed E-state index contributed by atoms with van der Waals surface area (Å²) in [7, 11) is 0. The van der Waals surface area contributed by atoms with E-state index < -0.39 is 5.69 Å². The molecular weight excluding hydrogens is 403 g/mol. The third-order valence-corrected chi connectivity index (χ3v) is 5.22. The molecule has 8 nitrogen and oxygen atoms in total. The molecular formula is C18H19Cl2N6O2+. The molecule has 0 spiro atoms. The number of nitrogens with two attached hydrogens (primary N) is 1. The van der Waals surface area contributed by atoms with E-state index in [1.807, 2.05) is 6.92 Å². The maximum Gasteiger partial charge on any atom is 0.331 e. The van der Waals surface area contributed by atoms with Crippen molar-refractivity contribution in [1.82, 2.24) is 19.1 Å². The van der Waals surface area contributed by atoms with Gasteiger partial charge in [0.25, 0.3) is 5.69 Å². The summed E-state index contributed by atoms with van der Waals surface area (Å²) in [5.41, 5.74) is 7.74. The topological polar surface area (TPSA) is 103 Å². The summed E-state index contributed by atoms with van der Waals surface area (Å²) in [6.45, 7) is 5.61. The minimum absolute atomic E-state index is 0.0126. The predicted octanol–water partition coefficient (Wildman–Crippen LogP) is 2.09. The third kappa shape index (κ3) is 3.39. The van der Waals surface area contributed by atoms with Crippen molar-refractivity contribution in [3.8, 4) is 11.8 Å². The van der Waals surface area contributed by atoms with Crippen molar-refractivity contribution in [3.63, 3.8) is 0 Å². The standard InChI is InChI=1S/C18H19Cl2N6O2/c1-4-5-6-7-24-14-15(20)22-17(21)23-16(14)25(18(24)27)9-12-11(3)13(19)10(2)8-26(12)28/h8,28H,4,7,9H2,1-3H3,(H2,21,22,23)/q+1. The van der Waals surface area contributed by atoms with E-state index in [4.69, 9.17) is 28.9 Å². The Morgan fingerprint density at radius 2 is 1.96 bits per heavy atom. The van der Waals surface area contributed by atoms with Crippen LogP contribution in [0.25, 0.3) is 11.2 Å². The van der Waals surface area contributed by atoms with E-state index in [1.165, 1.54) is 15.3 Å². The monoisotopic (exact) mass is 421 g/mol. The number of pyridine rings is 1. The van der Waals surface area contributed by atoms with Crippen molar-refractivity contribution in [2.75, 3.05) is 5.73 Å². The first-order valence-electron chi connectivity index (χ1n) is 8.53. The van der Waals surface area contributed by atoms with Crippen LogP contribution >= 0.6 is 23.2 Å². The number of aryl methyl sites for hydroxylation is 1. The highest BCUT2D eigenvalue weighted by molar-refractivity contribution is 6.33. The molecule has 3 heterocycles. The van der Waals surface area contributed by atoms with Gasteiger partial charge in [-0.25, -0.2) is 4.79 Å². The van der Waals surface area contributed by atoms with Crippen molar-refractivity contribution < 1.29 is 9.94 Å². The summed E-state index contributed by atoms with van der Waals surface area (Å²) in [6, 6.07) is 0. The van der Waals surface area contributed by atoms with Gasteiger partial charge in [-0.05, 0) is 13.8 Å². The molecule has 0 fully saturated rings. The van der Waals surface area contributed by atoms with Gasteiger partial charge in [-0.3, -0.25) is 14.3 Å². The Hall–Kier alpha value is -2.76. The van der Waals surface area contributed by atoms with Crippen molar-refractivity contribution in [2.24, 2.45) is 0 Å². The molecule has 3 aromatic heterocycles. The zero-order chi connectivity index (χ0) is 20.6. The second kappa shape index (κ2) is 7.70. The van der Waals surface area contributed by atoms with E-state index in [0.29, 0.717) is 33.8 Å². The van der Waals surface area contributed by atoms with Gasteiger partial charge in [0.05, 0.1) is 11.6 Å². The summed E-state index contributed by atoms with van der Waals surface area (Å²) >= 11 is 12.6. The normalized spacial score (nSPS) is 10.9. The summed E-state index contributed by atoms with van der Waals surface area (Å²) in [5.74, 6) is 5.79. The van der Waals surface area contributed by atoms with E-state index in [2.05, 4.69) is 21.8 Å². The Balaban J connectivity index is 2.26. The molecule has 0 aromatic carbocycles. The molecule has 3 rings (SSSR count). The molecule has 0 saturated heterocycles. The molecule has 0 bridgehead atoms. The Labute approximate surface area is 171 Å². The molecule has 0 aliphatic rings. The maximum absolute atomic E-state index is 13.1. The highest BCUT2D eigenvalue weighted by Crippen LogP contribution is 2.24. The first kappa shape index (κ1) is 20.0. The summed E-state index contributed by atoms with van der Waals surface area (Å²) in [5, 5.41) is 10.9. The van der Waals surface area contributed by atoms with Gasteiger partial charge in [0.1, 0.15) is 12.1 Å². The Bertz CT molecular complexity index is 1200. The molecule has 146 valence electrons. The van der Waals surface area contributed by atoms with Crippen molar-refractivity contribution >= 4 is 40.3 Å². The van der Waals surface area contributed by atoms with Crippen LogP contribution in [0, 0.1) is 25.7 Å². The van der Waals surface area contributed by atoms with Crippen LogP contribution in [-0.4, -0.2) is 24.3 Å². The number of nitrogen functional groups attached to an aromatic ring is 1. The van der Waals surface area contributed by atoms with Crippen LogP contribution < -0.4 is 16.2 Å². The van der Waals surface area contributed by atoms with Crippen LogP contribution in [0.3, 0.4) is 0 Å². The molecule has 3 aromatic rings. The number of rotatable bonds is 3. The lowest BCUT2D eigenvalue weighted by Crippen LogP contribution is -2.39. The molecule has 28 heavy (non-hydrogen) atoms. The molecule has 0 radical (unpaired) electrons. The zero-order valence-electron chi connectivity index (χ0n) is 15.6. The number of hydrogen-bond acceptors (Lipinski definition) is 5. The Kier molecular flexibility index (Phi) is 5.49. The quantitative estimate of drug-likeness (QED) is 0.291. The van der Waals surface area contributed by atoms with Gasteiger partial charge in [-0.2, -0.15) is 9.97 Å². The first-order chi connectivity index (χ1) is 13.3. The van der Waals surface area contributed by atoms with Crippen LogP contribution in [0.2, 0.25) is 10.2 Å². The highest BCUT2D eigenvalue weighted by Gasteiger charge is 2.25. The average molecular weight is 422 g/mol. The zero-order valence-corrected chi connectivity index (χ0v) is 17.1. The lowest BCUT2D eigenvalue weighted by Gasteiger charge is -2.06. The van der Waals surface area contributed by atoms with Gasteiger partial charge in [0, 0.05) is 22.3 Å². The molecule has 0 saturated carbocycles. The van der Waals surface area contributed by atoms with Crippen LogP contribution in [0.4, 0.5) is 5.95 Å². The van der Waals surface area contributed by atoms with Crippen LogP contribution in [-0.2, 0) is 13.1 Å². The van der Waals surface area contributed by atoms with E-state index in [0.717, 1.165) is 4.73 Å². The smallest absolute Gasteiger partial charge is 0.331 e. The van der Waals surface area contributed by atoms with E-state index >= 15 is 0 Å². The average Bonchev–Trinajstić information content (AvgIpc) is 2.89. The third-order valence-electron chi connectivity index (χ3n) is 4.38. The van der Waals surface area contributed by atoms with Crippen molar-refractivity contribution in [2.45, 2.75) is 40.3 Å². The van der Waals surface area contributed by atoms with Crippen molar-refractivity contribution in [3.05, 3.63) is 43.7 Å². The van der Waals surface area contributed by atoms with Gasteiger partial charge >= 0.3 is 5.69 Å². The second-order valence-corrected chi connectivity index (χ2v) is 6.99. The number of anilines is 1. The maximum atomic E-state index is 13.1. The van der Waals surface area contributed by atoms with Gasteiger partial charge in [-0.15, -0.1) is 5.92 Å². The molecule has 0 amide bonds. The Morgan fingerprint density at radius 3 is 2.64 bits per heavy atom. The number of imidazole rings is 1. The SMILES string of the molecule is CCC#CCn1c(=O)n(Cc2c(C)c(Cl)c(C)c[n+]2O)c2nc(N)nc(Cl)c21. The van der Waals surface area contributed by atoms with E-state index in [-0.39, 0.29) is 29.8 Å². The Morgan fingerprint density at radius 1 is 1.25 bits per heavy atom. The van der Waals surface area contributed by atoms with Gasteiger partial charge in [0.2, 0.25) is 12.1 Å². The fraction of sp³-hybridized carbons (Fsp3) is 0.333. The minimum atomic E-state index is -0.390. The molecule has 0 atom stereocenters. The molecule has 10 heteroatoms. The van der Waals surface area contributed by atoms with Crippen LogP contribution in [0.15, 0.2) is 11.0 Å². The van der Waals surface area contributed by atoms with E-state index in [1.54, 1.807) is 13.8 Å². The van der Waals surface area contributed by atoms with Gasteiger partial charge < -0.3 is 5.73 Å². The lowest BCUT2D eigenvalue weighted by molar-refractivity contribution is -0.910. The minimum Gasteiger partial charge on any atom is -0.368 e. The van der Waals surface area contributed by atoms with E-state index in [9.17, 15) is 10.0 Å². The number of nitrogens with zero attached hydrogens (tertiary/aromatic N) is 5. The van der Waals surface area contributed by atoms with Gasteiger partial charge in [-0.1, -0.05) is 36.0 Å². The summed E-state index contributed by atoms with van der Waals surface area (Å²) in [6.07, 6.45) is 2.15. The first-order valence-corrected chi connectivity index (χ1v) is 9.29. The number of halogens is 2. The molecule has 0 unspecified atom stereocenters. The molecule has 0 aliphatic carbocycles. The van der Waals surface area contributed by atoms with Crippen LogP contribution in [0.5, 0.6) is 0 Å². The summed E-state index contributed by atoms with van der Waals surface area (Å²) < 4.78 is 3.72. The number of fused-ring (bicyclic) bond motifs is 1. The lowest BCUT2D eigenvalue weighted by atomic mass is 10.1. The fourth-order valence-corrected chi connectivity index (χ4v) is 3.42. The summed E-state index contributed by atoms with van der Waals surface area (Å²) in [4.78, 5) is 21.2. The van der Waals surface area contributed by atoms with Gasteiger partial charge in [0.15, 0.2) is 10.8 Å². The molecule has 3 N–H and O–H groups in total. The number of hydrogen-bond donors (Lipinski definition) is 2. The number of aromatic nitrogens is 5. The largest absolute Gasteiger partial charge is 0.368 e. The molecule has 0 aliphatic heterocycles. The fourth-order valence-electron chi connectivity index (χ4n) is 2.99. The second-order valence-electron chi connectivity index (χ2n) is 6.25. The van der Waals surface area contributed by atoms with Crippen LogP contribution in [0.1, 0.15) is 30.2 Å². The van der Waals surface area contributed by atoms with Crippen molar-refractivity contribution in [1.29, 1.82) is 0 Å². The predicted molar refractivity (Wildman–Crippen MR) is 107 cm³/mol.